The number of amides is 1. The summed E-state index contributed by atoms with van der Waals surface area (Å²) in [6.07, 6.45) is 4.72. The van der Waals surface area contributed by atoms with Crippen LogP contribution >= 0.6 is 0 Å². The number of hydrogen-bond donors (Lipinski definition) is 2. The lowest BCUT2D eigenvalue weighted by molar-refractivity contribution is -0.120. The Morgan fingerprint density at radius 2 is 2.07 bits per heavy atom. The highest BCUT2D eigenvalue weighted by atomic mass is 16.1. The average molecular weight is 212 g/mol. The Morgan fingerprint density at radius 1 is 1.40 bits per heavy atom. The normalized spacial score (nSPS) is 19.7. The van der Waals surface area contributed by atoms with Gasteiger partial charge in [-0.05, 0) is 32.1 Å². The summed E-state index contributed by atoms with van der Waals surface area (Å²) in [6.45, 7) is 6.98. The molecule has 3 nitrogen and oxygen atoms in total. The van der Waals surface area contributed by atoms with Crippen LogP contribution in [-0.4, -0.2) is 24.5 Å². The van der Waals surface area contributed by atoms with Gasteiger partial charge in [0.05, 0.1) is 6.54 Å². The molecule has 0 aromatic heterocycles. The summed E-state index contributed by atoms with van der Waals surface area (Å²) in [5.41, 5.74) is 0. The molecular formula is C12H24N2O. The van der Waals surface area contributed by atoms with Crippen molar-refractivity contribution in [1.29, 1.82) is 0 Å². The zero-order chi connectivity index (χ0) is 11.3. The van der Waals surface area contributed by atoms with Crippen LogP contribution in [0.2, 0.25) is 0 Å². The minimum atomic E-state index is 0.137. The molecule has 0 bridgehead atoms. The lowest BCUT2D eigenvalue weighted by Crippen LogP contribution is -2.40. The molecule has 1 saturated carbocycles. The number of hydrogen-bond acceptors (Lipinski definition) is 2. The van der Waals surface area contributed by atoms with Gasteiger partial charge in [-0.3, -0.25) is 4.79 Å². The van der Waals surface area contributed by atoms with Crippen LogP contribution in [0.3, 0.4) is 0 Å². The SMILES string of the molecule is CCC(C)CC(C)NC(=O)CNC1CC1. The molecule has 3 heteroatoms. The monoisotopic (exact) mass is 212 g/mol. The highest BCUT2D eigenvalue weighted by molar-refractivity contribution is 5.78. The molecule has 1 rings (SSSR count). The summed E-state index contributed by atoms with van der Waals surface area (Å²) >= 11 is 0. The fourth-order valence-corrected chi connectivity index (χ4v) is 1.68. The topological polar surface area (TPSA) is 41.1 Å². The van der Waals surface area contributed by atoms with Crippen molar-refractivity contribution in [3.63, 3.8) is 0 Å². The third-order valence-electron chi connectivity index (χ3n) is 2.99. The highest BCUT2D eigenvalue weighted by Crippen LogP contribution is 2.17. The molecule has 15 heavy (non-hydrogen) atoms. The maximum Gasteiger partial charge on any atom is 0.234 e. The Kier molecular flexibility index (Phi) is 5.09. The van der Waals surface area contributed by atoms with E-state index in [-0.39, 0.29) is 5.91 Å². The van der Waals surface area contributed by atoms with Gasteiger partial charge in [0.1, 0.15) is 0 Å². The van der Waals surface area contributed by atoms with Crippen LogP contribution in [0.4, 0.5) is 0 Å². The van der Waals surface area contributed by atoms with E-state index in [0.29, 0.717) is 24.5 Å². The smallest absolute Gasteiger partial charge is 0.234 e. The van der Waals surface area contributed by atoms with Crippen molar-refractivity contribution in [2.45, 2.75) is 58.5 Å². The molecule has 1 fully saturated rings. The van der Waals surface area contributed by atoms with Crippen molar-refractivity contribution in [2.75, 3.05) is 6.54 Å². The van der Waals surface area contributed by atoms with E-state index in [2.05, 4.69) is 31.4 Å². The van der Waals surface area contributed by atoms with E-state index in [1.54, 1.807) is 0 Å². The van der Waals surface area contributed by atoms with Gasteiger partial charge in [-0.2, -0.15) is 0 Å². The lowest BCUT2D eigenvalue weighted by Gasteiger charge is -2.17. The molecule has 2 unspecified atom stereocenters. The van der Waals surface area contributed by atoms with E-state index < -0.39 is 0 Å². The lowest BCUT2D eigenvalue weighted by atomic mass is 10.0. The van der Waals surface area contributed by atoms with Crippen LogP contribution in [-0.2, 0) is 4.79 Å². The average Bonchev–Trinajstić information content (AvgIpc) is 2.97. The second-order valence-corrected chi connectivity index (χ2v) is 4.87. The molecule has 2 N–H and O–H groups in total. The zero-order valence-corrected chi connectivity index (χ0v) is 10.2. The maximum absolute atomic E-state index is 11.5. The van der Waals surface area contributed by atoms with Crippen LogP contribution in [0.15, 0.2) is 0 Å². The molecule has 0 aliphatic heterocycles. The van der Waals surface area contributed by atoms with Gasteiger partial charge < -0.3 is 10.6 Å². The van der Waals surface area contributed by atoms with Crippen molar-refractivity contribution in [3.05, 3.63) is 0 Å². The van der Waals surface area contributed by atoms with E-state index >= 15 is 0 Å². The predicted molar refractivity (Wildman–Crippen MR) is 62.7 cm³/mol. The number of carbonyl (C=O) groups is 1. The van der Waals surface area contributed by atoms with Crippen LogP contribution in [0.25, 0.3) is 0 Å². The van der Waals surface area contributed by atoms with E-state index in [1.165, 1.54) is 19.3 Å². The Labute approximate surface area is 93.0 Å². The number of nitrogens with one attached hydrogen (secondary N) is 2. The van der Waals surface area contributed by atoms with Gasteiger partial charge in [0.15, 0.2) is 0 Å². The quantitative estimate of drug-likeness (QED) is 0.674. The molecule has 0 aromatic carbocycles. The minimum Gasteiger partial charge on any atom is -0.353 e. The summed E-state index contributed by atoms with van der Waals surface area (Å²) in [7, 11) is 0. The van der Waals surface area contributed by atoms with Crippen molar-refractivity contribution < 1.29 is 4.79 Å². The third-order valence-corrected chi connectivity index (χ3v) is 2.99. The first-order valence-corrected chi connectivity index (χ1v) is 6.14. The molecule has 1 aliphatic rings. The van der Waals surface area contributed by atoms with Crippen molar-refractivity contribution >= 4 is 5.91 Å². The van der Waals surface area contributed by atoms with Gasteiger partial charge in [-0.1, -0.05) is 20.3 Å². The summed E-state index contributed by atoms with van der Waals surface area (Å²) in [6, 6.07) is 0.911. The summed E-state index contributed by atoms with van der Waals surface area (Å²) in [5, 5.41) is 6.24. The molecule has 0 spiro atoms. The highest BCUT2D eigenvalue weighted by Gasteiger charge is 2.21. The minimum absolute atomic E-state index is 0.137. The van der Waals surface area contributed by atoms with Crippen LogP contribution in [0.1, 0.15) is 46.5 Å². The molecule has 0 radical (unpaired) electrons. The standard InChI is InChI=1S/C12H24N2O/c1-4-9(2)7-10(3)14-12(15)8-13-11-5-6-11/h9-11,13H,4-8H2,1-3H3,(H,14,15). The van der Waals surface area contributed by atoms with Crippen molar-refractivity contribution in [3.8, 4) is 0 Å². The second kappa shape index (κ2) is 6.11. The Bertz CT molecular complexity index is 202. The summed E-state index contributed by atoms with van der Waals surface area (Å²) < 4.78 is 0. The Hall–Kier alpha value is -0.570. The Morgan fingerprint density at radius 3 is 2.60 bits per heavy atom. The van der Waals surface area contributed by atoms with Crippen LogP contribution in [0, 0.1) is 5.92 Å². The molecule has 0 saturated heterocycles. The van der Waals surface area contributed by atoms with Gasteiger partial charge in [-0.25, -0.2) is 0 Å². The Balaban J connectivity index is 2.06. The molecule has 2 atom stereocenters. The zero-order valence-electron chi connectivity index (χ0n) is 10.2. The molecular weight excluding hydrogens is 188 g/mol. The predicted octanol–water partition coefficient (Wildman–Crippen LogP) is 1.68. The van der Waals surface area contributed by atoms with E-state index in [0.717, 1.165) is 6.42 Å². The van der Waals surface area contributed by atoms with Gasteiger partial charge in [0.25, 0.3) is 0 Å². The third kappa shape index (κ3) is 5.78. The second-order valence-electron chi connectivity index (χ2n) is 4.87. The molecule has 88 valence electrons. The molecule has 1 aliphatic carbocycles. The van der Waals surface area contributed by atoms with E-state index in [4.69, 9.17) is 0 Å². The summed E-state index contributed by atoms with van der Waals surface area (Å²) in [5.74, 6) is 0.828. The molecule has 0 heterocycles. The van der Waals surface area contributed by atoms with Gasteiger partial charge in [-0.15, -0.1) is 0 Å². The first-order chi connectivity index (χ1) is 7.11. The van der Waals surface area contributed by atoms with Gasteiger partial charge in [0.2, 0.25) is 5.91 Å². The van der Waals surface area contributed by atoms with Gasteiger partial charge in [0, 0.05) is 12.1 Å². The molecule has 0 aromatic rings. The largest absolute Gasteiger partial charge is 0.353 e. The summed E-state index contributed by atoms with van der Waals surface area (Å²) in [4.78, 5) is 11.5. The fourth-order valence-electron chi connectivity index (χ4n) is 1.68. The van der Waals surface area contributed by atoms with Crippen molar-refractivity contribution in [1.82, 2.24) is 10.6 Å². The van der Waals surface area contributed by atoms with E-state index in [9.17, 15) is 4.79 Å². The first-order valence-electron chi connectivity index (χ1n) is 6.14. The van der Waals surface area contributed by atoms with Crippen molar-refractivity contribution in [2.24, 2.45) is 5.92 Å². The van der Waals surface area contributed by atoms with E-state index in [1.807, 2.05) is 0 Å². The maximum atomic E-state index is 11.5. The fraction of sp³-hybridized carbons (Fsp3) is 0.917. The van der Waals surface area contributed by atoms with Crippen LogP contribution < -0.4 is 10.6 Å². The first kappa shape index (κ1) is 12.5. The number of rotatable bonds is 7. The van der Waals surface area contributed by atoms with Crippen LogP contribution in [0.5, 0.6) is 0 Å². The number of carbonyl (C=O) groups excluding carboxylic acids is 1. The molecule has 1 amide bonds. The van der Waals surface area contributed by atoms with Gasteiger partial charge >= 0.3 is 0 Å².